The number of hydrogen-bond donors (Lipinski definition) is 1. The Hall–Kier alpha value is -2.89. The average molecular weight is 401 g/mol. The molecule has 0 fully saturated rings. The molecule has 1 N–H and O–H groups in total. The molecule has 0 aliphatic rings. The summed E-state index contributed by atoms with van der Waals surface area (Å²) in [4.78, 5) is 28.1. The van der Waals surface area contributed by atoms with E-state index in [0.29, 0.717) is 15.7 Å². The van der Waals surface area contributed by atoms with Crippen LogP contribution in [0.15, 0.2) is 60.8 Å². The number of nitrogens with zero attached hydrogens (tertiary/aromatic N) is 1. The van der Waals surface area contributed by atoms with Gasteiger partial charge < -0.3 is 10.1 Å². The molecule has 2 aromatic carbocycles. The number of fused-ring (bicyclic) bond motifs is 1. The highest BCUT2D eigenvalue weighted by molar-refractivity contribution is 6.35. The minimum absolute atomic E-state index is 0.336. The molecular formula is C20H14Cl2N2O3. The molecule has 7 heteroatoms. The first kappa shape index (κ1) is 18.9. The number of anilines is 1. The fraction of sp³-hybridized carbons (Fsp3) is 0.0500. The predicted octanol–water partition coefficient (Wildman–Crippen LogP) is 4.74. The van der Waals surface area contributed by atoms with Crippen LogP contribution >= 0.6 is 23.2 Å². The topological polar surface area (TPSA) is 68.3 Å². The fourth-order valence-electron chi connectivity index (χ4n) is 2.38. The number of rotatable bonds is 5. The van der Waals surface area contributed by atoms with Gasteiger partial charge in [-0.1, -0.05) is 47.5 Å². The van der Waals surface area contributed by atoms with Crippen molar-refractivity contribution < 1.29 is 14.3 Å². The number of ether oxygens (including phenoxy) is 1. The van der Waals surface area contributed by atoms with Crippen molar-refractivity contribution in [3.05, 3.63) is 76.4 Å². The van der Waals surface area contributed by atoms with Gasteiger partial charge in [-0.05, 0) is 30.3 Å². The lowest BCUT2D eigenvalue weighted by atomic mass is 10.1. The molecule has 0 aliphatic carbocycles. The van der Waals surface area contributed by atoms with Gasteiger partial charge in [-0.2, -0.15) is 0 Å². The van der Waals surface area contributed by atoms with E-state index in [0.717, 1.165) is 16.5 Å². The number of nitrogens with one attached hydrogen (secondary N) is 1. The number of benzene rings is 2. The molecule has 0 bridgehead atoms. The van der Waals surface area contributed by atoms with Crippen LogP contribution in [-0.2, 0) is 14.3 Å². The SMILES string of the molecule is O=C(COC(=O)/C=C/c1cccc2cccnc12)Nc1cc(Cl)ccc1Cl. The zero-order valence-electron chi connectivity index (χ0n) is 14.0. The molecule has 1 aromatic heterocycles. The van der Waals surface area contributed by atoms with E-state index in [2.05, 4.69) is 10.3 Å². The van der Waals surface area contributed by atoms with E-state index in [1.54, 1.807) is 24.4 Å². The van der Waals surface area contributed by atoms with E-state index in [9.17, 15) is 9.59 Å². The van der Waals surface area contributed by atoms with Gasteiger partial charge in [-0.15, -0.1) is 0 Å². The van der Waals surface area contributed by atoms with Crippen molar-refractivity contribution in [3.63, 3.8) is 0 Å². The summed E-state index contributed by atoms with van der Waals surface area (Å²) in [7, 11) is 0. The molecule has 0 unspecified atom stereocenters. The number of hydrogen-bond acceptors (Lipinski definition) is 4. The highest BCUT2D eigenvalue weighted by atomic mass is 35.5. The third kappa shape index (κ3) is 5.06. The smallest absolute Gasteiger partial charge is 0.331 e. The van der Waals surface area contributed by atoms with Crippen molar-refractivity contribution in [1.29, 1.82) is 0 Å². The van der Waals surface area contributed by atoms with Crippen LogP contribution in [0.3, 0.4) is 0 Å². The van der Waals surface area contributed by atoms with E-state index < -0.39 is 18.5 Å². The summed E-state index contributed by atoms with van der Waals surface area (Å²) in [5.41, 5.74) is 1.90. The van der Waals surface area contributed by atoms with E-state index in [-0.39, 0.29) is 0 Å². The molecule has 0 aliphatic heterocycles. The lowest BCUT2D eigenvalue weighted by Crippen LogP contribution is -2.20. The normalized spacial score (nSPS) is 10.9. The first-order valence-corrected chi connectivity index (χ1v) is 8.72. The van der Waals surface area contributed by atoms with Gasteiger partial charge in [-0.25, -0.2) is 4.79 Å². The maximum Gasteiger partial charge on any atom is 0.331 e. The van der Waals surface area contributed by atoms with Crippen molar-refractivity contribution in [2.24, 2.45) is 0 Å². The Balaban J connectivity index is 1.58. The highest BCUT2D eigenvalue weighted by Gasteiger charge is 2.09. The summed E-state index contributed by atoms with van der Waals surface area (Å²) >= 11 is 11.8. The van der Waals surface area contributed by atoms with Crippen LogP contribution in [0.1, 0.15) is 5.56 Å². The number of amides is 1. The summed E-state index contributed by atoms with van der Waals surface area (Å²) in [5, 5.41) is 4.27. The Labute approximate surface area is 165 Å². The number of pyridine rings is 1. The van der Waals surface area contributed by atoms with Crippen molar-refractivity contribution in [3.8, 4) is 0 Å². The van der Waals surface area contributed by atoms with E-state index in [1.807, 2.05) is 30.3 Å². The summed E-state index contributed by atoms with van der Waals surface area (Å²) in [6, 6.07) is 14.1. The second kappa shape index (κ2) is 8.66. The number of para-hydroxylation sites is 1. The van der Waals surface area contributed by atoms with Gasteiger partial charge in [0, 0.05) is 28.2 Å². The molecule has 3 aromatic rings. The zero-order chi connectivity index (χ0) is 19.2. The molecule has 136 valence electrons. The molecule has 1 heterocycles. The van der Waals surface area contributed by atoms with Gasteiger partial charge in [0.25, 0.3) is 5.91 Å². The van der Waals surface area contributed by atoms with Gasteiger partial charge in [0.05, 0.1) is 16.2 Å². The molecular weight excluding hydrogens is 387 g/mol. The van der Waals surface area contributed by atoms with Gasteiger partial charge in [0.2, 0.25) is 0 Å². The third-order valence-electron chi connectivity index (χ3n) is 3.61. The Morgan fingerprint density at radius 3 is 2.78 bits per heavy atom. The molecule has 5 nitrogen and oxygen atoms in total. The second-order valence-electron chi connectivity index (χ2n) is 5.54. The van der Waals surface area contributed by atoms with Crippen LogP contribution in [0, 0.1) is 0 Å². The molecule has 0 saturated heterocycles. The van der Waals surface area contributed by atoms with Crippen molar-refractivity contribution in [2.75, 3.05) is 11.9 Å². The molecule has 3 rings (SSSR count). The van der Waals surface area contributed by atoms with Gasteiger partial charge in [0.1, 0.15) is 0 Å². The van der Waals surface area contributed by atoms with Crippen LogP contribution in [-0.4, -0.2) is 23.5 Å². The van der Waals surface area contributed by atoms with Crippen LogP contribution in [0.5, 0.6) is 0 Å². The van der Waals surface area contributed by atoms with Crippen LogP contribution in [0.25, 0.3) is 17.0 Å². The van der Waals surface area contributed by atoms with Gasteiger partial charge in [-0.3, -0.25) is 9.78 Å². The van der Waals surface area contributed by atoms with E-state index in [4.69, 9.17) is 27.9 Å². The molecule has 0 atom stereocenters. The molecule has 0 radical (unpaired) electrons. The first-order valence-electron chi connectivity index (χ1n) is 7.96. The number of aromatic nitrogens is 1. The summed E-state index contributed by atoms with van der Waals surface area (Å²) in [5.74, 6) is -1.16. The monoisotopic (exact) mass is 400 g/mol. The first-order chi connectivity index (χ1) is 13.0. The summed E-state index contributed by atoms with van der Waals surface area (Å²) < 4.78 is 4.95. The average Bonchev–Trinajstić information content (AvgIpc) is 2.67. The standard InChI is InChI=1S/C20H14Cl2N2O3/c21-15-7-8-16(22)17(11-15)24-18(25)12-27-19(26)9-6-14-4-1-3-13-5-2-10-23-20(13)14/h1-11H,12H2,(H,24,25)/b9-6+. The summed E-state index contributed by atoms with van der Waals surface area (Å²) in [6.45, 7) is -0.445. The predicted molar refractivity (Wildman–Crippen MR) is 107 cm³/mol. The van der Waals surface area contributed by atoms with Crippen LogP contribution in [0.2, 0.25) is 10.0 Å². The Morgan fingerprint density at radius 1 is 1.11 bits per heavy atom. The maximum absolute atomic E-state index is 11.9. The largest absolute Gasteiger partial charge is 0.452 e. The second-order valence-corrected chi connectivity index (χ2v) is 6.38. The number of carbonyl (C=O) groups excluding carboxylic acids is 2. The van der Waals surface area contributed by atoms with Gasteiger partial charge in [0.15, 0.2) is 6.61 Å². The molecule has 0 spiro atoms. The maximum atomic E-state index is 11.9. The number of carbonyl (C=O) groups is 2. The molecule has 27 heavy (non-hydrogen) atoms. The quantitative estimate of drug-likeness (QED) is 0.496. The van der Waals surface area contributed by atoms with Crippen LogP contribution in [0.4, 0.5) is 5.69 Å². The van der Waals surface area contributed by atoms with Gasteiger partial charge >= 0.3 is 5.97 Å². The number of esters is 1. The molecule has 1 amide bonds. The minimum Gasteiger partial charge on any atom is -0.452 e. The lowest BCUT2D eigenvalue weighted by molar-refractivity contribution is -0.142. The highest BCUT2D eigenvalue weighted by Crippen LogP contribution is 2.25. The lowest BCUT2D eigenvalue weighted by Gasteiger charge is -2.07. The minimum atomic E-state index is -0.643. The Bertz CT molecular complexity index is 1030. The fourth-order valence-corrected chi connectivity index (χ4v) is 2.72. The van der Waals surface area contributed by atoms with E-state index >= 15 is 0 Å². The third-order valence-corrected chi connectivity index (χ3v) is 4.18. The zero-order valence-corrected chi connectivity index (χ0v) is 15.5. The Kier molecular flexibility index (Phi) is 6.06. The van der Waals surface area contributed by atoms with E-state index in [1.165, 1.54) is 12.1 Å². The van der Waals surface area contributed by atoms with Crippen LogP contribution < -0.4 is 5.32 Å². The Morgan fingerprint density at radius 2 is 1.93 bits per heavy atom. The number of halogens is 2. The molecule has 0 saturated carbocycles. The van der Waals surface area contributed by atoms with Crippen molar-refractivity contribution in [2.45, 2.75) is 0 Å². The summed E-state index contributed by atoms with van der Waals surface area (Å²) in [6.07, 6.45) is 4.54. The van der Waals surface area contributed by atoms with Crippen molar-refractivity contribution >= 4 is 57.7 Å². The van der Waals surface area contributed by atoms with Crippen molar-refractivity contribution in [1.82, 2.24) is 4.98 Å².